The third kappa shape index (κ3) is 3.94. The van der Waals surface area contributed by atoms with Crippen LogP contribution < -0.4 is 0 Å². The van der Waals surface area contributed by atoms with E-state index in [1.165, 1.54) is 0 Å². The first-order valence-electron chi connectivity index (χ1n) is 8.92. The summed E-state index contributed by atoms with van der Waals surface area (Å²) in [7, 11) is 1.93. The van der Waals surface area contributed by atoms with Crippen LogP contribution in [0.4, 0.5) is 0 Å². The number of nitrogens with zero attached hydrogens (tertiary/aromatic N) is 5. The highest BCUT2D eigenvalue weighted by molar-refractivity contribution is 7.99. The summed E-state index contributed by atoms with van der Waals surface area (Å²) < 4.78 is 1.90. The molecule has 4 rings (SSSR count). The second-order valence-electron chi connectivity index (χ2n) is 6.62. The van der Waals surface area contributed by atoms with Gasteiger partial charge in [0, 0.05) is 42.7 Å². The molecule has 0 spiro atoms. The Kier molecular flexibility index (Phi) is 5.16. The van der Waals surface area contributed by atoms with Crippen LogP contribution in [0.5, 0.6) is 0 Å². The predicted octanol–water partition coefficient (Wildman–Crippen LogP) is 4.04. The quantitative estimate of drug-likeness (QED) is 0.366. The average Bonchev–Trinajstić information content (AvgIpc) is 3.12. The van der Waals surface area contributed by atoms with Crippen LogP contribution in [0.1, 0.15) is 33.8 Å². The van der Waals surface area contributed by atoms with Crippen molar-refractivity contribution in [2.45, 2.75) is 23.8 Å². The van der Waals surface area contributed by atoms with Gasteiger partial charge in [0.1, 0.15) is 12.0 Å². The molecule has 1 aromatic carbocycles. The maximum atomic E-state index is 12.7. The van der Waals surface area contributed by atoms with Crippen LogP contribution in [0.15, 0.2) is 66.5 Å². The number of Topliss-reactive ketones (excluding diaryl/α,β-unsaturated/α-hetero) is 1. The summed E-state index contributed by atoms with van der Waals surface area (Å²) in [6.45, 7) is 2.12. The highest BCUT2D eigenvalue weighted by Crippen LogP contribution is 2.33. The van der Waals surface area contributed by atoms with Crippen molar-refractivity contribution in [1.82, 2.24) is 24.7 Å². The van der Waals surface area contributed by atoms with Crippen LogP contribution in [-0.2, 0) is 13.5 Å². The summed E-state index contributed by atoms with van der Waals surface area (Å²) in [5.41, 5.74) is 2.60. The minimum atomic E-state index is 0.00414. The van der Waals surface area contributed by atoms with Crippen LogP contribution in [0.25, 0.3) is 10.8 Å². The maximum absolute atomic E-state index is 12.7. The number of carbonyl (C=O) groups is 1. The van der Waals surface area contributed by atoms with Gasteiger partial charge in [0.2, 0.25) is 0 Å². The smallest absolute Gasteiger partial charge is 0.191 e. The molecule has 0 saturated heterocycles. The Bertz CT molecular complexity index is 1140. The zero-order chi connectivity index (χ0) is 19.5. The zero-order valence-corrected chi connectivity index (χ0v) is 16.4. The van der Waals surface area contributed by atoms with Crippen molar-refractivity contribution < 1.29 is 4.79 Å². The van der Waals surface area contributed by atoms with Gasteiger partial charge in [-0.1, -0.05) is 36.0 Å². The summed E-state index contributed by atoms with van der Waals surface area (Å²) in [4.78, 5) is 21.1. The van der Waals surface area contributed by atoms with Gasteiger partial charge >= 0.3 is 0 Å². The number of aryl methyl sites for hydroxylation is 1. The minimum absolute atomic E-state index is 0.00414. The van der Waals surface area contributed by atoms with Gasteiger partial charge in [0.05, 0.1) is 0 Å². The summed E-state index contributed by atoms with van der Waals surface area (Å²) in [5.74, 6) is 0.00414. The first kappa shape index (κ1) is 18.3. The Balaban J connectivity index is 1.50. The van der Waals surface area contributed by atoms with Gasteiger partial charge in [-0.25, -0.2) is 0 Å². The van der Waals surface area contributed by atoms with E-state index in [4.69, 9.17) is 0 Å². The number of hydrogen-bond donors (Lipinski definition) is 0. The van der Waals surface area contributed by atoms with E-state index in [1.807, 2.05) is 35.9 Å². The lowest BCUT2D eigenvalue weighted by Crippen LogP contribution is -2.06. The van der Waals surface area contributed by atoms with E-state index >= 15 is 0 Å². The standard InChI is InChI=1S/C21H19N5OS/c1-14(28-21-25-24-13-26(21)2)16-5-3-4-15(8-16)9-20(27)19-10-17-6-7-22-11-18(17)12-23-19/h3-8,10-14H,9H2,1-2H3. The molecule has 140 valence electrons. The van der Waals surface area contributed by atoms with E-state index in [-0.39, 0.29) is 11.0 Å². The number of fused-ring (bicyclic) bond motifs is 1. The number of benzene rings is 1. The van der Waals surface area contributed by atoms with Crippen LogP contribution in [0, 0.1) is 0 Å². The Morgan fingerprint density at radius 2 is 2.07 bits per heavy atom. The fraction of sp³-hybridized carbons (Fsp3) is 0.190. The van der Waals surface area contributed by atoms with E-state index in [0.29, 0.717) is 12.1 Å². The van der Waals surface area contributed by atoms with Crippen molar-refractivity contribution in [2.75, 3.05) is 0 Å². The van der Waals surface area contributed by atoms with Crippen molar-refractivity contribution >= 4 is 28.3 Å². The Labute approximate surface area is 167 Å². The number of aromatic nitrogens is 5. The van der Waals surface area contributed by atoms with Gasteiger partial charge in [-0.05, 0) is 35.6 Å². The number of carbonyl (C=O) groups excluding carboxylic acids is 1. The summed E-state index contributed by atoms with van der Waals surface area (Å²) in [6.07, 6.45) is 7.17. The Hall–Kier alpha value is -3.06. The Morgan fingerprint density at radius 1 is 1.18 bits per heavy atom. The van der Waals surface area contributed by atoms with Crippen LogP contribution in [-0.4, -0.2) is 30.5 Å². The van der Waals surface area contributed by atoms with Crippen LogP contribution in [0.3, 0.4) is 0 Å². The molecule has 0 aliphatic carbocycles. The molecule has 3 aromatic heterocycles. The predicted molar refractivity (Wildman–Crippen MR) is 109 cm³/mol. The van der Waals surface area contributed by atoms with Gasteiger partial charge in [0.25, 0.3) is 0 Å². The monoisotopic (exact) mass is 389 g/mol. The minimum Gasteiger partial charge on any atom is -0.312 e. The highest BCUT2D eigenvalue weighted by atomic mass is 32.2. The third-order valence-corrected chi connectivity index (χ3v) is 5.75. The Morgan fingerprint density at radius 3 is 2.89 bits per heavy atom. The molecule has 6 nitrogen and oxygen atoms in total. The highest BCUT2D eigenvalue weighted by Gasteiger charge is 2.14. The van der Waals surface area contributed by atoms with E-state index in [2.05, 4.69) is 39.2 Å². The molecule has 0 bridgehead atoms. The van der Waals surface area contributed by atoms with E-state index in [9.17, 15) is 4.79 Å². The molecule has 4 aromatic rings. The van der Waals surface area contributed by atoms with Crippen molar-refractivity contribution in [2.24, 2.45) is 7.05 Å². The van der Waals surface area contributed by atoms with E-state index in [1.54, 1.807) is 36.7 Å². The molecule has 1 atom stereocenters. The molecular weight excluding hydrogens is 370 g/mol. The number of thioether (sulfide) groups is 1. The molecule has 0 fully saturated rings. The van der Waals surface area contributed by atoms with Crippen molar-refractivity contribution in [1.29, 1.82) is 0 Å². The van der Waals surface area contributed by atoms with E-state index < -0.39 is 0 Å². The lowest BCUT2D eigenvalue weighted by atomic mass is 10.0. The third-order valence-electron chi connectivity index (χ3n) is 4.54. The van der Waals surface area contributed by atoms with Crippen molar-refractivity contribution in [3.05, 3.63) is 78.1 Å². The van der Waals surface area contributed by atoms with Gasteiger partial charge < -0.3 is 4.57 Å². The largest absolute Gasteiger partial charge is 0.312 e. The van der Waals surface area contributed by atoms with Gasteiger partial charge in [-0.3, -0.25) is 14.8 Å². The normalized spacial score (nSPS) is 12.2. The summed E-state index contributed by atoms with van der Waals surface area (Å²) in [6, 6.07) is 11.8. The van der Waals surface area contributed by atoms with Crippen LogP contribution in [0.2, 0.25) is 0 Å². The van der Waals surface area contributed by atoms with Crippen molar-refractivity contribution in [3.63, 3.8) is 0 Å². The van der Waals surface area contributed by atoms with Crippen molar-refractivity contribution in [3.8, 4) is 0 Å². The SMILES string of the molecule is CC(Sc1nncn1C)c1cccc(CC(=O)c2cc3ccncc3cn2)c1. The fourth-order valence-corrected chi connectivity index (χ4v) is 3.88. The maximum Gasteiger partial charge on any atom is 0.191 e. The molecule has 0 aliphatic heterocycles. The second kappa shape index (κ2) is 7.90. The number of pyridine rings is 2. The number of ketones is 1. The van der Waals surface area contributed by atoms with Gasteiger partial charge in [0.15, 0.2) is 10.9 Å². The van der Waals surface area contributed by atoms with Gasteiger partial charge in [-0.2, -0.15) is 0 Å². The first-order chi connectivity index (χ1) is 13.6. The molecule has 0 saturated carbocycles. The molecular formula is C21H19N5OS. The molecule has 1 unspecified atom stereocenters. The molecule has 0 amide bonds. The lowest BCUT2D eigenvalue weighted by molar-refractivity contribution is 0.0988. The summed E-state index contributed by atoms with van der Waals surface area (Å²) in [5, 5.41) is 11.0. The lowest BCUT2D eigenvalue weighted by Gasteiger charge is -2.12. The number of hydrogen-bond acceptors (Lipinski definition) is 6. The summed E-state index contributed by atoms with van der Waals surface area (Å²) >= 11 is 1.64. The molecule has 0 aliphatic rings. The first-order valence-corrected chi connectivity index (χ1v) is 9.80. The molecule has 3 heterocycles. The molecule has 28 heavy (non-hydrogen) atoms. The fourth-order valence-electron chi connectivity index (χ4n) is 2.97. The topological polar surface area (TPSA) is 73.6 Å². The zero-order valence-electron chi connectivity index (χ0n) is 15.6. The molecule has 0 radical (unpaired) electrons. The van der Waals surface area contributed by atoms with Crippen LogP contribution >= 0.6 is 11.8 Å². The average molecular weight is 389 g/mol. The second-order valence-corrected chi connectivity index (χ2v) is 7.93. The van der Waals surface area contributed by atoms with E-state index in [0.717, 1.165) is 27.1 Å². The molecule has 7 heteroatoms. The molecule has 0 N–H and O–H groups in total. The van der Waals surface area contributed by atoms with Gasteiger partial charge in [-0.15, -0.1) is 10.2 Å². The number of rotatable bonds is 6.